The highest BCUT2D eigenvalue weighted by Gasteiger charge is 2.38. The van der Waals surface area contributed by atoms with Crippen LogP contribution in [0, 0.1) is 0 Å². The summed E-state index contributed by atoms with van der Waals surface area (Å²) in [5.74, 6) is 0.0596. The largest absolute Gasteiger partial charge is 0.393 e. The number of nitrogens with two attached hydrogens (primary N) is 1. The van der Waals surface area contributed by atoms with Crippen molar-refractivity contribution in [3.63, 3.8) is 0 Å². The molecule has 1 saturated heterocycles. The number of fused-ring (bicyclic) bond motifs is 1. The van der Waals surface area contributed by atoms with Crippen molar-refractivity contribution in [2.45, 2.75) is 18.4 Å². The van der Waals surface area contributed by atoms with Crippen LogP contribution in [0.2, 0.25) is 0 Å². The van der Waals surface area contributed by atoms with Crippen molar-refractivity contribution in [2.24, 2.45) is 0 Å². The number of ether oxygens (including phenoxy) is 1. The molecule has 0 aliphatic carbocycles. The molecule has 0 unspecified atom stereocenters. The van der Waals surface area contributed by atoms with E-state index in [-0.39, 0.29) is 28.9 Å². The second-order valence-corrected chi connectivity index (χ2v) is 4.76. The van der Waals surface area contributed by atoms with Crippen molar-refractivity contribution in [1.29, 1.82) is 0 Å². The molecule has 0 aromatic carbocycles. The highest BCUT2D eigenvalue weighted by Crippen LogP contribution is 2.33. The Morgan fingerprint density at radius 2 is 2.24 bits per heavy atom. The molecule has 110 valence electrons. The Bertz CT molecular complexity index is 772. The molecule has 0 spiro atoms. The highest BCUT2D eigenvalue weighted by atomic mass is 16.5. The van der Waals surface area contributed by atoms with E-state index in [4.69, 9.17) is 10.5 Å². The van der Waals surface area contributed by atoms with Crippen LogP contribution in [-0.2, 0) is 4.74 Å². The van der Waals surface area contributed by atoms with Gasteiger partial charge in [-0.1, -0.05) is 6.58 Å². The third kappa shape index (κ3) is 2.00. The summed E-state index contributed by atoms with van der Waals surface area (Å²) in [5, 5.41) is 19.6. The topological polar surface area (TPSA) is 123 Å². The average molecular weight is 290 g/mol. The molecule has 2 aromatic rings. The lowest BCUT2D eigenvalue weighted by atomic mass is 10.1. The van der Waals surface area contributed by atoms with Crippen LogP contribution in [-0.4, -0.2) is 43.6 Å². The highest BCUT2D eigenvalue weighted by molar-refractivity contribution is 5.84. The lowest BCUT2D eigenvalue weighted by Crippen LogP contribution is -2.23. The monoisotopic (exact) mass is 290 g/mol. The third-order valence-corrected chi connectivity index (χ3v) is 3.54. The maximum Gasteiger partial charge on any atom is 0.194 e. The van der Waals surface area contributed by atoms with Gasteiger partial charge in [0, 0.05) is 12.3 Å². The van der Waals surface area contributed by atoms with Gasteiger partial charge in [-0.3, -0.25) is 4.79 Å². The molecule has 8 nitrogen and oxygen atoms in total. The first-order valence-electron chi connectivity index (χ1n) is 6.29. The molecule has 8 heteroatoms. The maximum absolute atomic E-state index is 11.9. The Morgan fingerprint density at radius 1 is 1.48 bits per heavy atom. The van der Waals surface area contributed by atoms with Crippen molar-refractivity contribution >= 4 is 16.9 Å². The van der Waals surface area contributed by atoms with Crippen molar-refractivity contribution < 1.29 is 14.9 Å². The molecule has 2 aromatic heterocycles. The summed E-state index contributed by atoms with van der Waals surface area (Å²) in [4.78, 5) is 19.7. The molecule has 1 aliphatic heterocycles. The van der Waals surface area contributed by atoms with Crippen LogP contribution in [0.15, 0.2) is 35.5 Å². The Kier molecular flexibility index (Phi) is 3.20. The number of aliphatic hydroxyl groups excluding tert-OH is 2. The Labute approximate surface area is 119 Å². The summed E-state index contributed by atoms with van der Waals surface area (Å²) in [6.45, 7) is 3.42. The van der Waals surface area contributed by atoms with Gasteiger partial charge in [0.25, 0.3) is 0 Å². The van der Waals surface area contributed by atoms with E-state index in [1.807, 2.05) is 0 Å². The van der Waals surface area contributed by atoms with Gasteiger partial charge in [-0.2, -0.15) is 0 Å². The Balaban J connectivity index is 2.19. The number of hydrogen-bond donors (Lipinski definition) is 3. The first-order valence-corrected chi connectivity index (χ1v) is 6.29. The minimum Gasteiger partial charge on any atom is -0.393 e. The summed E-state index contributed by atoms with van der Waals surface area (Å²) in [6, 6.07) is 1.30. The predicted molar refractivity (Wildman–Crippen MR) is 74.4 cm³/mol. The van der Waals surface area contributed by atoms with Gasteiger partial charge in [0.1, 0.15) is 29.7 Å². The molecule has 1 aliphatic rings. The van der Waals surface area contributed by atoms with Gasteiger partial charge in [-0.25, -0.2) is 9.97 Å². The number of pyridine rings is 1. The van der Waals surface area contributed by atoms with Gasteiger partial charge in [-0.05, 0) is 5.57 Å². The molecular weight excluding hydrogens is 276 g/mol. The molecule has 3 atom stereocenters. The number of aromatic nitrogens is 3. The first-order chi connectivity index (χ1) is 10.0. The van der Waals surface area contributed by atoms with E-state index >= 15 is 0 Å². The fraction of sp³-hybridized carbons (Fsp3) is 0.308. The van der Waals surface area contributed by atoms with Crippen LogP contribution in [0.5, 0.6) is 0 Å². The summed E-state index contributed by atoms with van der Waals surface area (Å²) in [6.07, 6.45) is 0.153. The number of nitrogen functional groups attached to an aromatic ring is 1. The minimum atomic E-state index is -1.02. The van der Waals surface area contributed by atoms with Crippen molar-refractivity contribution in [2.75, 3.05) is 12.3 Å². The molecule has 1 fully saturated rings. The normalized spacial score (nSPS) is 25.6. The molecule has 0 radical (unpaired) electrons. The zero-order valence-corrected chi connectivity index (χ0v) is 11.0. The number of hydrogen-bond acceptors (Lipinski definition) is 7. The third-order valence-electron chi connectivity index (χ3n) is 3.54. The number of aliphatic hydroxyl groups is 2. The zero-order valence-electron chi connectivity index (χ0n) is 11.0. The molecule has 0 amide bonds. The van der Waals surface area contributed by atoms with Crippen LogP contribution in [0.25, 0.3) is 11.0 Å². The molecular formula is C13H14N4O4. The van der Waals surface area contributed by atoms with E-state index in [1.54, 1.807) is 0 Å². The van der Waals surface area contributed by atoms with Crippen molar-refractivity contribution in [3.8, 4) is 0 Å². The molecule has 3 rings (SSSR count). The molecule has 0 bridgehead atoms. The number of nitrogens with zero attached hydrogens (tertiary/aromatic N) is 3. The fourth-order valence-electron chi connectivity index (χ4n) is 2.41. The van der Waals surface area contributed by atoms with Crippen molar-refractivity contribution in [3.05, 3.63) is 41.0 Å². The zero-order chi connectivity index (χ0) is 15.1. The predicted octanol–water partition coefficient (Wildman–Crippen LogP) is -0.820. The summed E-state index contributed by atoms with van der Waals surface area (Å²) in [5.41, 5.74) is 6.03. The van der Waals surface area contributed by atoms with Crippen LogP contribution in [0.4, 0.5) is 5.82 Å². The van der Waals surface area contributed by atoms with Gasteiger partial charge < -0.3 is 25.3 Å². The minimum absolute atomic E-state index is 0.0596. The van der Waals surface area contributed by atoms with Gasteiger partial charge in [-0.15, -0.1) is 0 Å². The average Bonchev–Trinajstić information content (AvgIpc) is 2.76. The van der Waals surface area contributed by atoms with E-state index < -0.39 is 18.4 Å². The Hall–Kier alpha value is -2.29. The quantitative estimate of drug-likeness (QED) is 0.617. The van der Waals surface area contributed by atoms with E-state index in [1.165, 1.54) is 23.2 Å². The Morgan fingerprint density at radius 3 is 2.90 bits per heavy atom. The second-order valence-electron chi connectivity index (χ2n) is 4.76. The van der Waals surface area contributed by atoms with E-state index in [9.17, 15) is 15.0 Å². The van der Waals surface area contributed by atoms with Gasteiger partial charge in [0.05, 0.1) is 6.61 Å². The SMILES string of the molecule is C=C1[C@@H](O)[C@H](n2ccc(=O)c3c(N)ncnc32)O[C@@H]1CO. The molecule has 21 heavy (non-hydrogen) atoms. The van der Waals surface area contributed by atoms with Gasteiger partial charge in [0.15, 0.2) is 17.3 Å². The standard InChI is InChI=1S/C13H14N4O4/c1-6-8(4-18)21-13(10(6)20)17-3-2-7(19)9-11(14)15-5-16-12(9)17/h2-3,5,8,10,13,18,20H,1,4H2,(H2,14,15,16)/t8-,10-,13-/m1/s1. The lowest BCUT2D eigenvalue weighted by Gasteiger charge is -2.19. The number of rotatable bonds is 2. The van der Waals surface area contributed by atoms with Crippen LogP contribution in [0.1, 0.15) is 6.23 Å². The van der Waals surface area contributed by atoms with E-state index in [0.717, 1.165) is 0 Å². The summed E-state index contributed by atoms with van der Waals surface area (Å²) < 4.78 is 7.06. The summed E-state index contributed by atoms with van der Waals surface area (Å²) in [7, 11) is 0. The maximum atomic E-state index is 11.9. The van der Waals surface area contributed by atoms with E-state index in [0.29, 0.717) is 5.57 Å². The smallest absolute Gasteiger partial charge is 0.194 e. The first kappa shape index (κ1) is 13.7. The van der Waals surface area contributed by atoms with Crippen molar-refractivity contribution in [1.82, 2.24) is 14.5 Å². The van der Waals surface area contributed by atoms with Crippen LogP contribution in [0.3, 0.4) is 0 Å². The van der Waals surface area contributed by atoms with Gasteiger partial charge >= 0.3 is 0 Å². The van der Waals surface area contributed by atoms with Crippen LogP contribution < -0.4 is 11.2 Å². The summed E-state index contributed by atoms with van der Waals surface area (Å²) >= 11 is 0. The van der Waals surface area contributed by atoms with Crippen LogP contribution >= 0.6 is 0 Å². The lowest BCUT2D eigenvalue weighted by molar-refractivity contribution is -0.0484. The molecule has 3 heterocycles. The molecule has 4 N–H and O–H groups in total. The van der Waals surface area contributed by atoms with E-state index in [2.05, 4.69) is 16.5 Å². The second kappa shape index (κ2) is 4.92. The molecule has 0 saturated carbocycles. The fourth-order valence-corrected chi connectivity index (χ4v) is 2.41. The number of anilines is 1. The van der Waals surface area contributed by atoms with Gasteiger partial charge in [0.2, 0.25) is 0 Å².